The molecule has 0 saturated heterocycles. The van der Waals surface area contributed by atoms with Crippen LogP contribution in [-0.4, -0.2) is 43.7 Å². The monoisotopic (exact) mass is 484 g/mol. The molecule has 1 aliphatic rings. The molecule has 10 nitrogen and oxygen atoms in total. The zero-order valence-electron chi connectivity index (χ0n) is 18.7. The molecule has 3 aromatic rings. The van der Waals surface area contributed by atoms with Gasteiger partial charge < -0.3 is 35.3 Å². The minimum Gasteiger partial charge on any atom is -0.493 e. The number of anilines is 1. The van der Waals surface area contributed by atoms with Crippen LogP contribution in [0.4, 0.5) is 5.69 Å². The number of nitrogens with one attached hydrogen (secondary N) is 2. The number of carbonyl (C=O) groups is 2. The van der Waals surface area contributed by atoms with Crippen LogP contribution in [0.15, 0.2) is 36.4 Å². The summed E-state index contributed by atoms with van der Waals surface area (Å²) in [6.45, 7) is 0.802. The molecule has 4 N–H and O–H groups in total. The molecule has 0 unspecified atom stereocenters. The van der Waals surface area contributed by atoms with Gasteiger partial charge in [-0.1, -0.05) is 12.1 Å². The van der Waals surface area contributed by atoms with Crippen LogP contribution in [0.3, 0.4) is 0 Å². The lowest BCUT2D eigenvalue weighted by atomic mass is 10.1. The summed E-state index contributed by atoms with van der Waals surface area (Å²) in [5.74, 6) is 1.71. The van der Waals surface area contributed by atoms with Crippen LogP contribution in [0.5, 0.6) is 23.0 Å². The van der Waals surface area contributed by atoms with Gasteiger partial charge in [-0.3, -0.25) is 9.59 Å². The van der Waals surface area contributed by atoms with E-state index in [-0.39, 0.29) is 35.5 Å². The van der Waals surface area contributed by atoms with Crippen molar-refractivity contribution in [3.8, 4) is 23.0 Å². The van der Waals surface area contributed by atoms with E-state index in [2.05, 4.69) is 15.0 Å². The lowest BCUT2D eigenvalue weighted by Gasteiger charge is -2.10. The Labute approximate surface area is 200 Å². The van der Waals surface area contributed by atoms with Crippen molar-refractivity contribution in [1.29, 1.82) is 0 Å². The smallest absolute Gasteiger partial charge is 0.273 e. The number of hydrogen-bond donors (Lipinski definition) is 3. The van der Waals surface area contributed by atoms with Crippen molar-refractivity contribution in [1.82, 2.24) is 15.0 Å². The van der Waals surface area contributed by atoms with Gasteiger partial charge in [-0.2, -0.15) is 4.37 Å². The first-order valence-electron chi connectivity index (χ1n) is 10.4. The summed E-state index contributed by atoms with van der Waals surface area (Å²) >= 11 is 0.887. The zero-order valence-corrected chi connectivity index (χ0v) is 19.5. The third-order valence-corrected chi connectivity index (χ3v) is 6.05. The van der Waals surface area contributed by atoms with E-state index in [0.29, 0.717) is 36.0 Å². The third kappa shape index (κ3) is 4.99. The summed E-state index contributed by atoms with van der Waals surface area (Å²) in [5.41, 5.74) is 7.94. The second kappa shape index (κ2) is 10.3. The molecule has 34 heavy (non-hydrogen) atoms. The fourth-order valence-electron chi connectivity index (χ4n) is 3.38. The Kier molecular flexibility index (Phi) is 7.02. The maximum absolute atomic E-state index is 12.6. The molecule has 0 bridgehead atoms. The molecular weight excluding hydrogens is 460 g/mol. The molecule has 0 spiro atoms. The van der Waals surface area contributed by atoms with Crippen molar-refractivity contribution in [3.05, 3.63) is 58.1 Å². The lowest BCUT2D eigenvalue weighted by molar-refractivity contribution is 0.0947. The topological polar surface area (TPSA) is 134 Å². The number of benzene rings is 2. The maximum atomic E-state index is 12.6. The van der Waals surface area contributed by atoms with Gasteiger partial charge in [0.05, 0.1) is 19.9 Å². The normalized spacial score (nSPS) is 11.7. The van der Waals surface area contributed by atoms with Gasteiger partial charge in [0.1, 0.15) is 4.88 Å². The predicted molar refractivity (Wildman–Crippen MR) is 126 cm³/mol. The van der Waals surface area contributed by atoms with E-state index >= 15 is 0 Å². The van der Waals surface area contributed by atoms with E-state index in [0.717, 1.165) is 22.7 Å². The van der Waals surface area contributed by atoms with Gasteiger partial charge in [0.15, 0.2) is 28.7 Å². The number of nitrogens with two attached hydrogens (primary N) is 1. The second-order valence-corrected chi connectivity index (χ2v) is 8.11. The standard InChI is InChI=1S/C23H24N4O6S/c1-30-15-5-3-13(9-17(15)31-2)7-8-25-23(29)21-19(24)20(27-34-21)22(28)26-11-14-4-6-16-18(10-14)33-12-32-16/h3-6,9-10H,7-8,11-12,24H2,1-2H3,(H,25,29)(H,26,28). The average molecular weight is 485 g/mol. The highest BCUT2D eigenvalue weighted by molar-refractivity contribution is 7.09. The minimum atomic E-state index is -0.462. The van der Waals surface area contributed by atoms with Gasteiger partial charge in [0.25, 0.3) is 11.8 Å². The predicted octanol–water partition coefficient (Wildman–Crippen LogP) is 2.37. The van der Waals surface area contributed by atoms with Gasteiger partial charge in [-0.05, 0) is 53.3 Å². The molecular formula is C23H24N4O6S. The molecule has 0 fully saturated rings. The Bertz CT molecular complexity index is 1210. The molecule has 0 radical (unpaired) electrons. The number of carbonyl (C=O) groups excluding carboxylic acids is 2. The number of aromatic nitrogens is 1. The van der Waals surface area contributed by atoms with Gasteiger partial charge in [0.2, 0.25) is 6.79 Å². The van der Waals surface area contributed by atoms with E-state index in [9.17, 15) is 9.59 Å². The highest BCUT2D eigenvalue weighted by atomic mass is 32.1. The van der Waals surface area contributed by atoms with Crippen LogP contribution in [0.2, 0.25) is 0 Å². The number of nitrogens with zero attached hydrogens (tertiary/aromatic N) is 1. The molecule has 0 saturated carbocycles. The number of methoxy groups -OCH3 is 2. The van der Waals surface area contributed by atoms with Crippen molar-refractivity contribution in [2.75, 3.05) is 33.3 Å². The van der Waals surface area contributed by atoms with Crippen LogP contribution < -0.4 is 35.3 Å². The molecule has 2 aromatic carbocycles. The number of fused-ring (bicyclic) bond motifs is 1. The molecule has 0 aliphatic carbocycles. The summed E-state index contributed by atoms with van der Waals surface area (Å²) in [7, 11) is 3.14. The number of hydrogen-bond acceptors (Lipinski definition) is 9. The first kappa shape index (κ1) is 23.2. The first-order chi connectivity index (χ1) is 16.5. The van der Waals surface area contributed by atoms with Gasteiger partial charge in [-0.25, -0.2) is 0 Å². The number of nitrogen functional groups attached to an aromatic ring is 1. The molecule has 11 heteroatoms. The van der Waals surface area contributed by atoms with Crippen molar-refractivity contribution < 1.29 is 28.5 Å². The Balaban J connectivity index is 1.31. The number of ether oxygens (including phenoxy) is 4. The van der Waals surface area contributed by atoms with Crippen LogP contribution in [0, 0.1) is 0 Å². The minimum absolute atomic E-state index is 0.0239. The Hall–Kier alpha value is -3.99. The maximum Gasteiger partial charge on any atom is 0.273 e. The summed E-state index contributed by atoms with van der Waals surface area (Å²) in [6.07, 6.45) is 0.577. The van der Waals surface area contributed by atoms with Crippen molar-refractivity contribution in [2.45, 2.75) is 13.0 Å². The quantitative estimate of drug-likeness (QED) is 0.422. The van der Waals surface area contributed by atoms with Crippen LogP contribution in [0.25, 0.3) is 0 Å². The Morgan fingerprint density at radius 2 is 1.76 bits per heavy atom. The van der Waals surface area contributed by atoms with Gasteiger partial charge in [0, 0.05) is 13.1 Å². The largest absolute Gasteiger partial charge is 0.493 e. The SMILES string of the molecule is COc1ccc(CCNC(=O)c2snc(C(=O)NCc3ccc4c(c3)OCO4)c2N)cc1OC. The van der Waals surface area contributed by atoms with Crippen molar-refractivity contribution in [3.63, 3.8) is 0 Å². The first-order valence-corrected chi connectivity index (χ1v) is 11.2. The number of rotatable bonds is 9. The average Bonchev–Trinajstić information content (AvgIpc) is 3.48. The highest BCUT2D eigenvalue weighted by Crippen LogP contribution is 2.32. The summed E-state index contributed by atoms with van der Waals surface area (Å²) in [5, 5.41) is 5.57. The molecule has 2 amide bonds. The molecule has 1 aromatic heterocycles. The fourth-order valence-corrected chi connectivity index (χ4v) is 4.09. The van der Waals surface area contributed by atoms with Crippen molar-refractivity contribution >= 4 is 29.0 Å². The van der Waals surface area contributed by atoms with Crippen LogP contribution in [0.1, 0.15) is 31.3 Å². The van der Waals surface area contributed by atoms with Crippen molar-refractivity contribution in [2.24, 2.45) is 0 Å². The van der Waals surface area contributed by atoms with Gasteiger partial charge >= 0.3 is 0 Å². The molecule has 1 aliphatic heterocycles. The zero-order chi connectivity index (χ0) is 24.1. The Morgan fingerprint density at radius 1 is 1.00 bits per heavy atom. The Morgan fingerprint density at radius 3 is 2.56 bits per heavy atom. The second-order valence-electron chi connectivity index (χ2n) is 7.34. The number of amides is 2. The van der Waals surface area contributed by atoms with E-state index in [4.69, 9.17) is 24.7 Å². The molecule has 4 rings (SSSR count). The highest BCUT2D eigenvalue weighted by Gasteiger charge is 2.22. The van der Waals surface area contributed by atoms with Crippen LogP contribution >= 0.6 is 11.5 Å². The summed E-state index contributed by atoms with van der Waals surface area (Å²) in [4.78, 5) is 25.3. The summed E-state index contributed by atoms with van der Waals surface area (Å²) < 4.78 is 25.2. The summed E-state index contributed by atoms with van der Waals surface area (Å²) in [6, 6.07) is 11.0. The van der Waals surface area contributed by atoms with Gasteiger partial charge in [-0.15, -0.1) is 0 Å². The fraction of sp³-hybridized carbons (Fsp3) is 0.261. The van der Waals surface area contributed by atoms with E-state index < -0.39 is 5.91 Å². The molecule has 178 valence electrons. The van der Waals surface area contributed by atoms with E-state index in [1.54, 1.807) is 26.4 Å². The van der Waals surface area contributed by atoms with E-state index in [1.165, 1.54) is 0 Å². The van der Waals surface area contributed by atoms with E-state index in [1.807, 2.05) is 24.3 Å². The molecule has 2 heterocycles. The molecule has 0 atom stereocenters. The lowest BCUT2D eigenvalue weighted by Crippen LogP contribution is -2.27. The third-order valence-electron chi connectivity index (χ3n) is 5.19. The van der Waals surface area contributed by atoms with Crippen LogP contribution in [-0.2, 0) is 13.0 Å².